The molecule has 1 heterocycles. The number of esters is 1. The van der Waals surface area contributed by atoms with Crippen LogP contribution in [0.4, 0.5) is 0 Å². The monoisotopic (exact) mass is 318 g/mol. The first kappa shape index (κ1) is 17.5. The van der Waals surface area contributed by atoms with Crippen LogP contribution in [0.25, 0.3) is 0 Å². The Morgan fingerprint density at radius 3 is 2.42 bits per heavy atom. The number of rotatable bonds is 5. The largest absolute Gasteiger partial charge is 0.441 e. The molecule has 1 aromatic rings. The summed E-state index contributed by atoms with van der Waals surface area (Å²) in [7, 11) is 0. The van der Waals surface area contributed by atoms with E-state index in [9.17, 15) is 4.79 Å². The van der Waals surface area contributed by atoms with Crippen LogP contribution in [-0.2, 0) is 15.1 Å². The molecule has 0 bridgehead atoms. The number of benzene rings is 1. The van der Waals surface area contributed by atoms with Gasteiger partial charge >= 0.3 is 5.97 Å². The highest BCUT2D eigenvalue weighted by Crippen LogP contribution is 2.49. The Bertz CT molecular complexity index is 760. The zero-order valence-corrected chi connectivity index (χ0v) is 14.2. The summed E-state index contributed by atoms with van der Waals surface area (Å²) in [5.41, 5.74) is 1.97. The van der Waals surface area contributed by atoms with Crippen molar-refractivity contribution in [2.24, 2.45) is 0 Å². The van der Waals surface area contributed by atoms with Crippen molar-refractivity contribution in [3.63, 3.8) is 0 Å². The van der Waals surface area contributed by atoms with Crippen molar-refractivity contribution >= 4 is 5.97 Å². The summed E-state index contributed by atoms with van der Waals surface area (Å²) in [4.78, 5) is 12.5. The van der Waals surface area contributed by atoms with E-state index in [0.29, 0.717) is 5.57 Å². The van der Waals surface area contributed by atoms with Crippen molar-refractivity contribution in [1.29, 1.82) is 0 Å². The Morgan fingerprint density at radius 1 is 1.17 bits per heavy atom. The number of allylic oxidation sites excluding steroid dienone is 6. The van der Waals surface area contributed by atoms with Crippen molar-refractivity contribution in [2.75, 3.05) is 0 Å². The Labute approximate surface area is 143 Å². The second-order valence-electron chi connectivity index (χ2n) is 5.31. The molecule has 0 saturated carbocycles. The molecule has 0 N–H and O–H groups in total. The van der Waals surface area contributed by atoms with Gasteiger partial charge in [-0.05, 0) is 13.8 Å². The van der Waals surface area contributed by atoms with Crippen LogP contribution in [0.3, 0.4) is 0 Å². The molecule has 1 fully saturated rings. The number of ether oxygens (including phenoxy) is 1. The second-order valence-corrected chi connectivity index (χ2v) is 5.31. The first-order valence-corrected chi connectivity index (χ1v) is 7.90. The number of carbonyl (C=O) groups is 1. The molecular weight excluding hydrogens is 296 g/mol. The lowest BCUT2D eigenvalue weighted by Crippen LogP contribution is -2.29. The maximum absolute atomic E-state index is 12.5. The molecular formula is C22H22O2. The maximum Gasteiger partial charge on any atom is 0.339 e. The molecule has 2 heteroatoms. The van der Waals surface area contributed by atoms with Gasteiger partial charge in [-0.15, -0.1) is 0 Å². The van der Waals surface area contributed by atoms with E-state index in [0.717, 1.165) is 16.7 Å². The molecule has 1 saturated heterocycles. The van der Waals surface area contributed by atoms with Gasteiger partial charge in [-0.3, -0.25) is 0 Å². The highest BCUT2D eigenvalue weighted by molar-refractivity contribution is 5.99. The lowest BCUT2D eigenvalue weighted by molar-refractivity contribution is -0.143. The van der Waals surface area contributed by atoms with Crippen molar-refractivity contribution < 1.29 is 9.53 Å². The minimum atomic E-state index is -1.02. The second kappa shape index (κ2) is 7.60. The third kappa shape index (κ3) is 2.83. The van der Waals surface area contributed by atoms with Crippen LogP contribution in [-0.4, -0.2) is 5.97 Å². The third-order valence-electron chi connectivity index (χ3n) is 3.98. The number of hydrogen-bond acceptors (Lipinski definition) is 2. The van der Waals surface area contributed by atoms with Crippen LogP contribution < -0.4 is 0 Å². The van der Waals surface area contributed by atoms with Gasteiger partial charge in [-0.25, -0.2) is 4.79 Å². The minimum absolute atomic E-state index is 0.345. The first-order chi connectivity index (χ1) is 11.6. The van der Waals surface area contributed by atoms with E-state index in [1.165, 1.54) is 0 Å². The molecule has 1 atom stereocenters. The number of cyclic esters (lactones) is 1. The predicted octanol–water partition coefficient (Wildman–Crippen LogP) is 5.19. The van der Waals surface area contributed by atoms with Crippen molar-refractivity contribution in [3.05, 3.63) is 108 Å². The molecule has 0 radical (unpaired) electrons. The van der Waals surface area contributed by atoms with E-state index in [1.54, 1.807) is 18.2 Å². The van der Waals surface area contributed by atoms with E-state index < -0.39 is 5.60 Å². The Hall–Kier alpha value is -2.87. The maximum atomic E-state index is 12.5. The van der Waals surface area contributed by atoms with Gasteiger partial charge in [0.2, 0.25) is 0 Å². The molecule has 2 rings (SSSR count). The van der Waals surface area contributed by atoms with E-state index in [1.807, 2.05) is 68.5 Å². The standard InChI is InChI=1S/C22H22O2/c1-5-9-14-17(7-3)22(18-15-11-10-12-16-18)20(13-6-2)19(8-4)21(23)24-22/h5-16H,2-3H2,1,4H3/b9-5-,17-14+,19-8+,20-13?. The van der Waals surface area contributed by atoms with E-state index in [4.69, 9.17) is 4.74 Å². The van der Waals surface area contributed by atoms with Gasteiger partial charge in [0.15, 0.2) is 5.60 Å². The Balaban J connectivity index is 2.87. The average Bonchev–Trinajstić information content (AvgIpc) is 2.89. The van der Waals surface area contributed by atoms with Gasteiger partial charge in [-0.1, -0.05) is 86.0 Å². The summed E-state index contributed by atoms with van der Waals surface area (Å²) in [6.45, 7) is 11.5. The zero-order valence-electron chi connectivity index (χ0n) is 14.2. The van der Waals surface area contributed by atoms with E-state index in [2.05, 4.69) is 13.2 Å². The highest BCUT2D eigenvalue weighted by atomic mass is 16.6. The number of carbonyl (C=O) groups excluding carboxylic acids is 1. The fourth-order valence-electron chi connectivity index (χ4n) is 2.94. The van der Waals surface area contributed by atoms with Gasteiger partial charge in [0.1, 0.15) is 0 Å². The van der Waals surface area contributed by atoms with Crippen molar-refractivity contribution in [1.82, 2.24) is 0 Å². The fourth-order valence-corrected chi connectivity index (χ4v) is 2.94. The molecule has 1 aliphatic heterocycles. The van der Waals surface area contributed by atoms with Crippen molar-refractivity contribution in [2.45, 2.75) is 19.4 Å². The van der Waals surface area contributed by atoms with Gasteiger partial charge in [0.05, 0.1) is 5.57 Å². The average molecular weight is 318 g/mol. The minimum Gasteiger partial charge on any atom is -0.441 e. The topological polar surface area (TPSA) is 26.3 Å². The summed E-state index contributed by atoms with van der Waals surface area (Å²) in [6.07, 6.45) is 12.8. The summed E-state index contributed by atoms with van der Waals surface area (Å²) in [5, 5.41) is 0. The highest BCUT2D eigenvalue weighted by Gasteiger charge is 2.50. The molecule has 2 nitrogen and oxygen atoms in total. The zero-order chi connectivity index (χ0) is 17.6. The molecule has 0 aliphatic carbocycles. The molecule has 1 aromatic carbocycles. The first-order valence-electron chi connectivity index (χ1n) is 7.90. The fraction of sp³-hybridized carbons (Fsp3) is 0.136. The van der Waals surface area contributed by atoms with Gasteiger partial charge in [0.25, 0.3) is 0 Å². The normalized spacial score (nSPS) is 24.6. The van der Waals surface area contributed by atoms with Gasteiger partial charge < -0.3 is 4.74 Å². The molecule has 122 valence electrons. The van der Waals surface area contributed by atoms with Crippen LogP contribution in [0.1, 0.15) is 19.4 Å². The number of hydrogen-bond donors (Lipinski definition) is 0. The molecule has 0 amide bonds. The molecule has 24 heavy (non-hydrogen) atoms. The lowest BCUT2D eigenvalue weighted by atomic mass is 9.78. The van der Waals surface area contributed by atoms with Crippen LogP contribution in [0.2, 0.25) is 0 Å². The van der Waals surface area contributed by atoms with E-state index in [-0.39, 0.29) is 5.97 Å². The Morgan fingerprint density at radius 2 is 1.88 bits per heavy atom. The van der Waals surface area contributed by atoms with Crippen LogP contribution in [0, 0.1) is 0 Å². The van der Waals surface area contributed by atoms with Crippen LogP contribution >= 0.6 is 0 Å². The molecule has 1 aliphatic rings. The smallest absolute Gasteiger partial charge is 0.339 e. The van der Waals surface area contributed by atoms with E-state index >= 15 is 0 Å². The quantitative estimate of drug-likeness (QED) is 0.424. The Kier molecular flexibility index (Phi) is 5.54. The molecule has 0 spiro atoms. The third-order valence-corrected chi connectivity index (χ3v) is 3.98. The van der Waals surface area contributed by atoms with Crippen molar-refractivity contribution in [3.8, 4) is 0 Å². The van der Waals surface area contributed by atoms with Crippen LogP contribution in [0.5, 0.6) is 0 Å². The predicted molar refractivity (Wildman–Crippen MR) is 99.3 cm³/mol. The summed E-state index contributed by atoms with van der Waals surface area (Å²) in [5.74, 6) is -0.345. The van der Waals surface area contributed by atoms with Crippen LogP contribution in [0.15, 0.2) is 103 Å². The summed E-state index contributed by atoms with van der Waals surface area (Å²) < 4.78 is 5.96. The summed E-state index contributed by atoms with van der Waals surface area (Å²) >= 11 is 0. The van der Waals surface area contributed by atoms with Gasteiger partial charge in [-0.2, -0.15) is 0 Å². The summed E-state index contributed by atoms with van der Waals surface area (Å²) in [6, 6.07) is 9.71. The van der Waals surface area contributed by atoms with Gasteiger partial charge in [0, 0.05) is 16.7 Å². The lowest BCUT2D eigenvalue weighted by Gasteiger charge is -2.31. The molecule has 1 unspecified atom stereocenters. The molecule has 0 aromatic heterocycles. The SMILES string of the molecule is C=CC=C1/C(=C\C)C(=O)OC1(/C(C=C)=C/C=C\C)c1ccccc1.